The van der Waals surface area contributed by atoms with Gasteiger partial charge in [-0.1, -0.05) is 0 Å². The van der Waals surface area contributed by atoms with Gasteiger partial charge in [-0.3, -0.25) is 4.79 Å². The van der Waals surface area contributed by atoms with Crippen LogP contribution in [0.25, 0.3) is 0 Å². The molecule has 8 heteroatoms. The highest BCUT2D eigenvalue weighted by Crippen LogP contribution is 2.41. The van der Waals surface area contributed by atoms with Crippen molar-refractivity contribution in [2.75, 3.05) is 12.3 Å². The average Bonchev–Trinajstić information content (AvgIpc) is 2.46. The Morgan fingerprint density at radius 1 is 1.71 bits per heavy atom. The monoisotopic (exact) mass is 308 g/mol. The van der Waals surface area contributed by atoms with Gasteiger partial charge >= 0.3 is 0 Å². The van der Waals surface area contributed by atoms with Gasteiger partial charge in [0.1, 0.15) is 17.1 Å². The molecule has 1 aromatic heterocycles. The van der Waals surface area contributed by atoms with E-state index in [1.165, 1.54) is 11.8 Å². The molecule has 2 saturated heterocycles. The molecule has 7 nitrogen and oxygen atoms in total. The fourth-order valence-electron chi connectivity index (χ4n) is 2.81. The van der Waals surface area contributed by atoms with Crippen LogP contribution in [-0.2, 0) is 16.1 Å². The van der Waals surface area contributed by atoms with Crippen LogP contribution in [0.5, 0.6) is 0 Å². The first-order chi connectivity index (χ1) is 9.93. The summed E-state index contributed by atoms with van der Waals surface area (Å²) in [7, 11) is 0. The molecule has 0 radical (unpaired) electrons. The second-order valence-corrected chi connectivity index (χ2v) is 6.74. The van der Waals surface area contributed by atoms with Gasteiger partial charge in [-0.25, -0.2) is 9.55 Å². The fraction of sp³-hybridized carbons (Fsp3) is 0.538. The number of fused-ring (bicyclic) bond motifs is 1. The van der Waals surface area contributed by atoms with Crippen LogP contribution < -0.4 is 15.4 Å². The van der Waals surface area contributed by atoms with Crippen molar-refractivity contribution in [1.29, 1.82) is 0 Å². The summed E-state index contributed by atoms with van der Waals surface area (Å²) in [6.45, 7) is 2.23. The van der Waals surface area contributed by atoms with Gasteiger partial charge in [0, 0.05) is 12.3 Å². The molecule has 2 unspecified atom stereocenters. The number of nitrogens with two attached hydrogens (primary N) is 1. The van der Waals surface area contributed by atoms with E-state index in [0.29, 0.717) is 5.75 Å². The minimum atomic E-state index is -1.14. The lowest BCUT2D eigenvalue weighted by Gasteiger charge is -2.53. The molecule has 112 valence electrons. The molecule has 2 aliphatic heterocycles. The quantitative estimate of drug-likeness (QED) is 0.496. The topological polar surface area (TPSA) is 103 Å². The number of aliphatic carboxylic acids is 1. The minimum Gasteiger partial charge on any atom is -0.549 e. The van der Waals surface area contributed by atoms with E-state index in [-0.39, 0.29) is 24.4 Å². The summed E-state index contributed by atoms with van der Waals surface area (Å²) in [4.78, 5) is 29.1. The second kappa shape index (κ2) is 4.96. The maximum absolute atomic E-state index is 11.8. The van der Waals surface area contributed by atoms with E-state index >= 15 is 0 Å². The maximum Gasteiger partial charge on any atom is 0.243 e. The van der Waals surface area contributed by atoms with Gasteiger partial charge < -0.3 is 20.5 Å². The van der Waals surface area contributed by atoms with Crippen molar-refractivity contribution >= 4 is 23.6 Å². The van der Waals surface area contributed by atoms with E-state index in [9.17, 15) is 14.7 Å². The van der Waals surface area contributed by atoms with Crippen LogP contribution in [0.1, 0.15) is 5.69 Å². The molecule has 3 heterocycles. The number of hydrogen-bond acceptors (Lipinski definition) is 6. The summed E-state index contributed by atoms with van der Waals surface area (Å²) in [5, 5.41) is 11.6. The third-order valence-corrected chi connectivity index (χ3v) is 5.60. The Labute approximate surface area is 126 Å². The van der Waals surface area contributed by atoms with Crippen molar-refractivity contribution in [3.8, 4) is 0 Å². The molecular weight excluding hydrogens is 292 g/mol. The number of amides is 1. The molecule has 1 amide bonds. The molecule has 3 atom stereocenters. The highest BCUT2D eigenvalue weighted by atomic mass is 32.2. The van der Waals surface area contributed by atoms with Crippen molar-refractivity contribution in [1.82, 2.24) is 9.88 Å². The molecule has 0 saturated carbocycles. The molecule has 2 aliphatic rings. The highest BCUT2D eigenvalue weighted by molar-refractivity contribution is 8.00. The van der Waals surface area contributed by atoms with Gasteiger partial charge in [0.05, 0.1) is 17.6 Å². The second-order valence-electron chi connectivity index (χ2n) is 5.63. The Balaban J connectivity index is 1.84. The average molecular weight is 308 g/mol. The van der Waals surface area contributed by atoms with E-state index in [0.717, 1.165) is 5.69 Å². The van der Waals surface area contributed by atoms with Crippen molar-refractivity contribution < 1.29 is 19.3 Å². The molecule has 0 spiro atoms. The molecule has 21 heavy (non-hydrogen) atoms. The van der Waals surface area contributed by atoms with Crippen molar-refractivity contribution in [2.24, 2.45) is 11.1 Å². The number of rotatable bonds is 3. The van der Waals surface area contributed by atoms with Crippen LogP contribution in [0.15, 0.2) is 18.6 Å². The summed E-state index contributed by atoms with van der Waals surface area (Å²) >= 11 is 1.41. The van der Waals surface area contributed by atoms with Crippen LogP contribution in [-0.4, -0.2) is 45.5 Å². The Hall–Kier alpha value is -1.67. The predicted molar refractivity (Wildman–Crippen MR) is 72.5 cm³/mol. The Bertz CT molecular complexity index is 611. The lowest BCUT2D eigenvalue weighted by atomic mass is 9.87. The summed E-state index contributed by atoms with van der Waals surface area (Å²) in [6.07, 6.45) is 5.13. The molecule has 2 N–H and O–H groups in total. The lowest BCUT2D eigenvalue weighted by Crippen LogP contribution is -2.74. The number of aromatic nitrogens is 2. The van der Waals surface area contributed by atoms with Crippen LogP contribution in [0, 0.1) is 12.3 Å². The van der Waals surface area contributed by atoms with Crippen LogP contribution in [0.4, 0.5) is 0 Å². The van der Waals surface area contributed by atoms with Crippen LogP contribution in [0.3, 0.4) is 0 Å². The molecule has 1 aromatic rings. The van der Waals surface area contributed by atoms with E-state index in [2.05, 4.69) is 4.98 Å². The first kappa shape index (κ1) is 14.3. The number of aryl methyl sites for hydroxylation is 1. The number of carboxylic acid groups (broad SMARTS) is 1. The largest absolute Gasteiger partial charge is 0.549 e. The standard InChI is InChI=1S/C13H16N4O3S/c1-8-4-16(3-2-15-8)5-13(12(19)20)6-17-10(18)9(14)11(17)21-7-13/h2-4,9,11H,5-7,14H2,1H3/t9?,11-,13?/m1/s1. The maximum atomic E-state index is 11.8. The van der Waals surface area contributed by atoms with E-state index < -0.39 is 17.4 Å². The van der Waals surface area contributed by atoms with Gasteiger partial charge in [0.25, 0.3) is 0 Å². The summed E-state index contributed by atoms with van der Waals surface area (Å²) in [5.41, 5.74) is 5.42. The Kier molecular flexibility index (Phi) is 3.37. The first-order valence-corrected chi connectivity index (χ1v) is 7.69. The zero-order valence-corrected chi connectivity index (χ0v) is 12.4. The van der Waals surface area contributed by atoms with Gasteiger partial charge in [0.2, 0.25) is 5.91 Å². The summed E-state index contributed by atoms with van der Waals surface area (Å²) in [6, 6.07) is -0.509. The van der Waals surface area contributed by atoms with Crippen molar-refractivity contribution in [2.45, 2.75) is 24.9 Å². The third-order valence-electron chi connectivity index (χ3n) is 3.99. The molecule has 0 bridgehead atoms. The normalized spacial score (nSPS) is 31.5. The summed E-state index contributed by atoms with van der Waals surface area (Å²) in [5.74, 6) is -0.941. The van der Waals surface area contributed by atoms with E-state index in [4.69, 9.17) is 5.73 Å². The Morgan fingerprint density at radius 3 is 3.14 bits per heavy atom. The number of carboxylic acids is 1. The number of carbonyl (C=O) groups excluding carboxylic acids is 2. The van der Waals surface area contributed by atoms with Crippen molar-refractivity contribution in [3.05, 3.63) is 24.3 Å². The minimum absolute atomic E-state index is 0.103. The van der Waals surface area contributed by atoms with Gasteiger partial charge in [0.15, 0.2) is 18.9 Å². The molecule has 2 fully saturated rings. The zero-order valence-electron chi connectivity index (χ0n) is 11.6. The van der Waals surface area contributed by atoms with Crippen LogP contribution >= 0.6 is 11.8 Å². The first-order valence-electron chi connectivity index (χ1n) is 6.64. The van der Waals surface area contributed by atoms with Crippen LogP contribution in [0.2, 0.25) is 0 Å². The summed E-state index contributed by atoms with van der Waals surface area (Å²) < 4.78 is 1.78. The van der Waals surface area contributed by atoms with Gasteiger partial charge in [-0.2, -0.15) is 0 Å². The molecule has 0 aromatic carbocycles. The van der Waals surface area contributed by atoms with E-state index in [1.54, 1.807) is 28.1 Å². The smallest absolute Gasteiger partial charge is 0.243 e. The number of thioether (sulfide) groups is 1. The van der Waals surface area contributed by atoms with Gasteiger partial charge in [-0.15, -0.1) is 11.8 Å². The lowest BCUT2D eigenvalue weighted by molar-refractivity contribution is -0.708. The number of nitrogens with zero attached hydrogens (tertiary/aromatic N) is 3. The SMILES string of the molecule is Cc1c[n+](CC2(C(=O)[O-])CS[C@@H]3C(N)C(=O)N3C2)ccn1. The Morgan fingerprint density at radius 2 is 2.48 bits per heavy atom. The number of carbonyl (C=O) groups is 2. The number of β-lactam (4-membered cyclic amide) rings is 1. The van der Waals surface area contributed by atoms with Crippen molar-refractivity contribution in [3.63, 3.8) is 0 Å². The zero-order chi connectivity index (χ0) is 15.2. The molecule has 0 aliphatic carbocycles. The van der Waals surface area contributed by atoms with Gasteiger partial charge in [-0.05, 0) is 6.92 Å². The molecular formula is C13H16N4O3S. The number of hydrogen-bond donors (Lipinski definition) is 1. The highest BCUT2D eigenvalue weighted by Gasteiger charge is 2.54. The molecule has 3 rings (SSSR count). The third kappa shape index (κ3) is 2.28. The predicted octanol–water partition coefficient (Wildman–Crippen LogP) is -2.34. The fourth-order valence-corrected chi connectivity index (χ4v) is 4.29. The van der Waals surface area contributed by atoms with E-state index in [1.807, 2.05) is 6.92 Å².